The maximum absolute atomic E-state index is 11.9. The summed E-state index contributed by atoms with van der Waals surface area (Å²) in [7, 11) is 0. The highest BCUT2D eigenvalue weighted by atomic mass is 16.5. The Morgan fingerprint density at radius 1 is 1.04 bits per heavy atom. The normalized spacial score (nSPS) is 15.0. The van der Waals surface area contributed by atoms with Gasteiger partial charge in [0, 0.05) is 29.7 Å². The molecular weight excluding hydrogens is 290 g/mol. The van der Waals surface area contributed by atoms with Crippen LogP contribution in [0.5, 0.6) is 0 Å². The number of fused-ring (bicyclic) bond motifs is 1. The van der Waals surface area contributed by atoms with E-state index in [4.69, 9.17) is 4.74 Å². The van der Waals surface area contributed by atoms with Crippen LogP contribution >= 0.6 is 0 Å². The number of anilines is 1. The number of H-pyrrole nitrogens is 1. The van der Waals surface area contributed by atoms with Gasteiger partial charge in [-0.1, -0.05) is 30.3 Å². The number of hydrogen-bond acceptors (Lipinski definition) is 4. The molecule has 0 aliphatic carbocycles. The molecule has 1 aliphatic rings. The van der Waals surface area contributed by atoms with Crippen molar-refractivity contribution in [3.05, 3.63) is 59.0 Å². The molecule has 1 aliphatic heterocycles. The first-order valence-corrected chi connectivity index (χ1v) is 7.73. The van der Waals surface area contributed by atoms with Crippen molar-refractivity contribution in [2.24, 2.45) is 0 Å². The largest absolute Gasteiger partial charge is 0.378 e. The van der Waals surface area contributed by atoms with Crippen molar-refractivity contribution in [1.82, 2.24) is 9.97 Å². The van der Waals surface area contributed by atoms with Crippen molar-refractivity contribution in [3.8, 4) is 11.3 Å². The van der Waals surface area contributed by atoms with E-state index in [1.165, 1.54) is 0 Å². The second kappa shape index (κ2) is 5.85. The topological polar surface area (TPSA) is 58.2 Å². The lowest BCUT2D eigenvalue weighted by Gasteiger charge is -2.29. The van der Waals surface area contributed by atoms with E-state index in [-0.39, 0.29) is 5.69 Å². The van der Waals surface area contributed by atoms with Gasteiger partial charge >= 0.3 is 5.69 Å². The van der Waals surface area contributed by atoms with Crippen LogP contribution in [0.3, 0.4) is 0 Å². The van der Waals surface area contributed by atoms with Gasteiger partial charge in [0.15, 0.2) is 0 Å². The van der Waals surface area contributed by atoms with E-state index in [9.17, 15) is 4.79 Å². The highest BCUT2D eigenvalue weighted by Crippen LogP contribution is 2.28. The molecule has 5 nitrogen and oxygen atoms in total. The van der Waals surface area contributed by atoms with Crippen molar-refractivity contribution >= 4 is 16.6 Å². The first-order valence-electron chi connectivity index (χ1n) is 7.73. The number of rotatable bonds is 2. The summed E-state index contributed by atoms with van der Waals surface area (Å²) in [5.74, 6) is 0. The predicted molar refractivity (Wildman–Crippen MR) is 90.8 cm³/mol. The van der Waals surface area contributed by atoms with E-state index in [1.54, 1.807) is 0 Å². The van der Waals surface area contributed by atoms with Gasteiger partial charge in [-0.2, -0.15) is 4.98 Å². The average Bonchev–Trinajstić information content (AvgIpc) is 2.62. The van der Waals surface area contributed by atoms with Crippen molar-refractivity contribution < 1.29 is 4.74 Å². The molecule has 3 aromatic rings. The SMILES string of the molecule is O=c1nc(-c2ccccc2)c2cc(N3CCOCC3)ccc2[nH]1. The molecule has 0 radical (unpaired) electrons. The Morgan fingerprint density at radius 3 is 2.61 bits per heavy atom. The van der Waals surface area contributed by atoms with Crippen LogP contribution in [0.15, 0.2) is 53.3 Å². The number of nitrogens with zero attached hydrogens (tertiary/aromatic N) is 2. The van der Waals surface area contributed by atoms with Crippen molar-refractivity contribution in [3.63, 3.8) is 0 Å². The van der Waals surface area contributed by atoms with Crippen molar-refractivity contribution in [1.29, 1.82) is 0 Å². The van der Waals surface area contributed by atoms with Gasteiger partial charge < -0.3 is 14.6 Å². The third-order valence-corrected chi connectivity index (χ3v) is 4.14. The van der Waals surface area contributed by atoms with Gasteiger partial charge in [0.2, 0.25) is 0 Å². The van der Waals surface area contributed by atoms with Crippen LogP contribution in [-0.4, -0.2) is 36.3 Å². The average molecular weight is 307 g/mol. The lowest BCUT2D eigenvalue weighted by atomic mass is 10.1. The minimum absolute atomic E-state index is 0.324. The van der Waals surface area contributed by atoms with Crippen LogP contribution in [-0.2, 0) is 4.74 Å². The molecule has 1 N–H and O–H groups in total. The first kappa shape index (κ1) is 14.0. The third kappa shape index (κ3) is 2.71. The Morgan fingerprint density at radius 2 is 1.83 bits per heavy atom. The molecular formula is C18H17N3O2. The monoisotopic (exact) mass is 307 g/mol. The number of benzene rings is 2. The zero-order valence-corrected chi connectivity index (χ0v) is 12.7. The lowest BCUT2D eigenvalue weighted by molar-refractivity contribution is 0.122. The zero-order chi connectivity index (χ0) is 15.6. The Hall–Kier alpha value is -2.66. The molecule has 1 fully saturated rings. The summed E-state index contributed by atoms with van der Waals surface area (Å²) in [5.41, 5.74) is 3.28. The van der Waals surface area contributed by atoms with E-state index >= 15 is 0 Å². The fourth-order valence-electron chi connectivity index (χ4n) is 2.98. The van der Waals surface area contributed by atoms with E-state index in [2.05, 4.69) is 20.9 Å². The predicted octanol–water partition coefficient (Wildman–Crippen LogP) is 2.43. The van der Waals surface area contributed by atoms with E-state index < -0.39 is 0 Å². The van der Waals surface area contributed by atoms with Gasteiger partial charge in [0.25, 0.3) is 0 Å². The van der Waals surface area contributed by atoms with Crippen LogP contribution in [0, 0.1) is 0 Å². The summed E-state index contributed by atoms with van der Waals surface area (Å²) in [6.07, 6.45) is 0. The van der Waals surface area contributed by atoms with Crippen LogP contribution < -0.4 is 10.6 Å². The summed E-state index contributed by atoms with van der Waals surface area (Å²) in [6, 6.07) is 15.9. The number of nitrogens with one attached hydrogen (secondary N) is 1. The molecule has 23 heavy (non-hydrogen) atoms. The summed E-state index contributed by atoms with van der Waals surface area (Å²) in [5, 5.41) is 0.958. The fourth-order valence-corrected chi connectivity index (χ4v) is 2.98. The molecule has 116 valence electrons. The Bertz CT molecular complexity index is 884. The molecule has 0 saturated carbocycles. The number of ether oxygens (including phenoxy) is 1. The molecule has 4 rings (SSSR count). The molecule has 0 amide bonds. The number of morpholine rings is 1. The van der Waals surface area contributed by atoms with Crippen molar-refractivity contribution in [2.75, 3.05) is 31.2 Å². The quantitative estimate of drug-likeness (QED) is 0.790. The maximum Gasteiger partial charge on any atom is 0.345 e. The van der Waals surface area contributed by atoms with Crippen LogP contribution in [0.1, 0.15) is 0 Å². The Labute approximate surface area is 133 Å². The van der Waals surface area contributed by atoms with Gasteiger partial charge in [-0.25, -0.2) is 4.79 Å². The van der Waals surface area contributed by atoms with Gasteiger partial charge in [-0.05, 0) is 18.2 Å². The smallest absolute Gasteiger partial charge is 0.345 e. The highest BCUT2D eigenvalue weighted by molar-refractivity contribution is 5.94. The zero-order valence-electron chi connectivity index (χ0n) is 12.7. The molecule has 2 aromatic carbocycles. The molecule has 0 unspecified atom stereocenters. The van der Waals surface area contributed by atoms with Crippen LogP contribution in [0.2, 0.25) is 0 Å². The fraction of sp³-hybridized carbons (Fsp3) is 0.222. The number of aromatic amines is 1. The molecule has 1 aromatic heterocycles. The number of hydrogen-bond donors (Lipinski definition) is 1. The van der Waals surface area contributed by atoms with Gasteiger partial charge in [-0.15, -0.1) is 0 Å². The molecule has 1 saturated heterocycles. The van der Waals surface area contributed by atoms with E-state index in [1.807, 2.05) is 42.5 Å². The van der Waals surface area contributed by atoms with Gasteiger partial charge in [0.1, 0.15) is 0 Å². The van der Waals surface area contributed by atoms with E-state index in [0.717, 1.165) is 54.2 Å². The van der Waals surface area contributed by atoms with E-state index in [0.29, 0.717) is 0 Å². The maximum atomic E-state index is 11.9. The standard InChI is InChI=1S/C18H17N3O2/c22-18-19-16-7-6-14(21-8-10-23-11-9-21)12-15(16)17(20-18)13-4-2-1-3-5-13/h1-7,12H,8-11H2,(H,19,20,22). The first-order chi connectivity index (χ1) is 11.3. The lowest BCUT2D eigenvalue weighted by Crippen LogP contribution is -2.36. The highest BCUT2D eigenvalue weighted by Gasteiger charge is 2.14. The Kier molecular flexibility index (Phi) is 3.55. The molecule has 0 bridgehead atoms. The molecule has 0 spiro atoms. The summed E-state index contributed by atoms with van der Waals surface area (Å²) in [6.45, 7) is 3.24. The minimum Gasteiger partial charge on any atom is -0.378 e. The van der Waals surface area contributed by atoms with Gasteiger partial charge in [-0.3, -0.25) is 0 Å². The Balaban J connectivity index is 1.89. The molecule has 2 heterocycles. The minimum atomic E-state index is -0.324. The number of aromatic nitrogens is 2. The molecule has 0 atom stereocenters. The van der Waals surface area contributed by atoms with Crippen molar-refractivity contribution in [2.45, 2.75) is 0 Å². The summed E-state index contributed by atoms with van der Waals surface area (Å²) < 4.78 is 5.42. The summed E-state index contributed by atoms with van der Waals surface area (Å²) in [4.78, 5) is 21.2. The molecule has 5 heteroatoms. The van der Waals surface area contributed by atoms with Crippen LogP contribution in [0.25, 0.3) is 22.2 Å². The second-order valence-corrected chi connectivity index (χ2v) is 5.59. The summed E-state index contributed by atoms with van der Waals surface area (Å²) >= 11 is 0. The second-order valence-electron chi connectivity index (χ2n) is 5.59. The third-order valence-electron chi connectivity index (χ3n) is 4.14. The van der Waals surface area contributed by atoms with Crippen LogP contribution in [0.4, 0.5) is 5.69 Å². The van der Waals surface area contributed by atoms with Gasteiger partial charge in [0.05, 0.1) is 24.4 Å².